The molecule has 1 atom stereocenters. The van der Waals surface area contributed by atoms with Gasteiger partial charge in [-0.2, -0.15) is 0 Å². The largest absolute Gasteiger partial charge is 0.383 e. The quantitative estimate of drug-likeness (QED) is 0.789. The Labute approximate surface area is 162 Å². The van der Waals surface area contributed by atoms with Crippen LogP contribution in [-0.4, -0.2) is 79.6 Å². The number of hydrogen-bond acceptors (Lipinski definition) is 4. The molecule has 3 rings (SSSR count). The Balaban J connectivity index is 1.69. The molecule has 0 bridgehead atoms. The molecule has 1 aromatic carbocycles. The molecule has 0 aliphatic carbocycles. The van der Waals surface area contributed by atoms with Crippen LogP contribution in [0.3, 0.4) is 0 Å². The monoisotopic (exact) mass is 377 g/mol. The maximum absolute atomic E-state index is 13.4. The van der Waals surface area contributed by atoms with E-state index in [-0.39, 0.29) is 17.3 Å². The Morgan fingerprint density at radius 2 is 2.04 bits per heavy atom. The lowest BCUT2D eigenvalue weighted by atomic mass is 9.86. The van der Waals surface area contributed by atoms with Gasteiger partial charge in [0, 0.05) is 58.3 Å². The van der Waals surface area contributed by atoms with Crippen LogP contribution in [0.5, 0.6) is 0 Å². The fourth-order valence-corrected chi connectivity index (χ4v) is 4.43. The van der Waals surface area contributed by atoms with Crippen LogP contribution in [-0.2, 0) is 16.1 Å². The molecule has 150 valence electrons. The van der Waals surface area contributed by atoms with Gasteiger partial charge < -0.3 is 9.64 Å². The van der Waals surface area contributed by atoms with Crippen molar-refractivity contribution in [2.45, 2.75) is 38.3 Å². The molecule has 0 aromatic heterocycles. The number of piperazine rings is 1. The molecule has 1 spiro atoms. The van der Waals surface area contributed by atoms with Crippen molar-refractivity contribution in [2.24, 2.45) is 0 Å². The molecular formula is C21H32FN3O2. The highest BCUT2D eigenvalue weighted by Crippen LogP contribution is 2.32. The van der Waals surface area contributed by atoms with E-state index in [4.69, 9.17) is 4.74 Å². The number of halogens is 1. The fraction of sp³-hybridized carbons (Fsp3) is 0.667. The Kier molecular flexibility index (Phi) is 6.50. The average molecular weight is 378 g/mol. The molecule has 0 unspecified atom stereocenters. The smallest absolute Gasteiger partial charge is 0.222 e. The molecule has 1 amide bonds. The van der Waals surface area contributed by atoms with E-state index < -0.39 is 0 Å². The topological polar surface area (TPSA) is 36.0 Å². The number of likely N-dealkylation sites (tertiary alicyclic amines) is 1. The number of hydrogen-bond donors (Lipinski definition) is 0. The first kappa shape index (κ1) is 20.2. The van der Waals surface area contributed by atoms with Gasteiger partial charge in [0.2, 0.25) is 5.91 Å². The summed E-state index contributed by atoms with van der Waals surface area (Å²) in [4.78, 5) is 19.4. The standard InChI is InChI=1S/C21H32FN3O2/c1-17-14-19(22)5-4-18(17)15-24-11-10-23(2)21(16-24)7-6-20(26)25(9-8-21)12-13-27-3/h4-5,14H,6-13,15-16H2,1-3H3/t21-/m0/s1. The van der Waals surface area contributed by atoms with Crippen molar-refractivity contribution in [3.8, 4) is 0 Å². The van der Waals surface area contributed by atoms with E-state index in [2.05, 4.69) is 16.8 Å². The molecule has 27 heavy (non-hydrogen) atoms. The van der Waals surface area contributed by atoms with Crippen molar-refractivity contribution in [2.75, 3.05) is 53.5 Å². The third-order valence-electron chi connectivity index (χ3n) is 6.35. The molecule has 5 nitrogen and oxygen atoms in total. The van der Waals surface area contributed by atoms with Crippen LogP contribution >= 0.6 is 0 Å². The lowest BCUT2D eigenvalue weighted by molar-refractivity contribution is -0.131. The summed E-state index contributed by atoms with van der Waals surface area (Å²) in [5, 5.41) is 0. The van der Waals surface area contributed by atoms with E-state index in [1.165, 1.54) is 5.56 Å². The molecule has 2 aliphatic heterocycles. The third-order valence-corrected chi connectivity index (χ3v) is 6.35. The number of aryl methyl sites for hydroxylation is 1. The fourth-order valence-electron chi connectivity index (χ4n) is 4.43. The molecule has 0 radical (unpaired) electrons. The van der Waals surface area contributed by atoms with E-state index in [9.17, 15) is 9.18 Å². The third kappa shape index (κ3) is 4.68. The first-order valence-electron chi connectivity index (χ1n) is 9.89. The van der Waals surface area contributed by atoms with E-state index in [0.29, 0.717) is 19.6 Å². The molecule has 2 aliphatic rings. The zero-order chi connectivity index (χ0) is 19.4. The molecule has 2 saturated heterocycles. The minimum absolute atomic E-state index is 0.0314. The number of benzene rings is 1. The number of rotatable bonds is 5. The summed E-state index contributed by atoms with van der Waals surface area (Å²) in [6, 6.07) is 5.06. The van der Waals surface area contributed by atoms with Gasteiger partial charge in [-0.25, -0.2) is 4.39 Å². The number of methoxy groups -OCH3 is 1. The van der Waals surface area contributed by atoms with Gasteiger partial charge in [0.1, 0.15) is 5.82 Å². The first-order valence-corrected chi connectivity index (χ1v) is 9.89. The van der Waals surface area contributed by atoms with Gasteiger partial charge in [-0.15, -0.1) is 0 Å². The number of carbonyl (C=O) groups is 1. The SMILES string of the molecule is COCCN1CC[C@@]2(CCC1=O)CN(Cc1ccc(F)cc1C)CCN2C. The van der Waals surface area contributed by atoms with Crippen LogP contribution < -0.4 is 0 Å². The van der Waals surface area contributed by atoms with Crippen molar-refractivity contribution < 1.29 is 13.9 Å². The van der Waals surface area contributed by atoms with Gasteiger partial charge in [0.05, 0.1) is 6.61 Å². The first-order chi connectivity index (χ1) is 12.9. The summed E-state index contributed by atoms with van der Waals surface area (Å²) in [5.74, 6) is 0.0633. The highest BCUT2D eigenvalue weighted by atomic mass is 19.1. The van der Waals surface area contributed by atoms with Gasteiger partial charge in [-0.3, -0.25) is 14.6 Å². The highest BCUT2D eigenvalue weighted by Gasteiger charge is 2.42. The summed E-state index contributed by atoms with van der Waals surface area (Å²) >= 11 is 0. The van der Waals surface area contributed by atoms with Crippen LogP contribution in [0.2, 0.25) is 0 Å². The molecule has 0 N–H and O–H groups in total. The van der Waals surface area contributed by atoms with Crippen molar-refractivity contribution in [1.29, 1.82) is 0 Å². The number of likely N-dealkylation sites (N-methyl/N-ethyl adjacent to an activating group) is 1. The molecule has 6 heteroatoms. The molecule has 0 saturated carbocycles. The number of amides is 1. The number of ether oxygens (including phenoxy) is 1. The summed E-state index contributed by atoms with van der Waals surface area (Å²) in [7, 11) is 3.86. The predicted octanol–water partition coefficient (Wildman–Crippen LogP) is 2.28. The van der Waals surface area contributed by atoms with E-state index >= 15 is 0 Å². The van der Waals surface area contributed by atoms with Crippen LogP contribution in [0.1, 0.15) is 30.4 Å². The van der Waals surface area contributed by atoms with Crippen molar-refractivity contribution in [1.82, 2.24) is 14.7 Å². The van der Waals surface area contributed by atoms with Crippen molar-refractivity contribution in [3.63, 3.8) is 0 Å². The van der Waals surface area contributed by atoms with Crippen LogP contribution in [0, 0.1) is 12.7 Å². The number of nitrogens with zero attached hydrogens (tertiary/aromatic N) is 3. The zero-order valence-corrected chi connectivity index (χ0v) is 16.8. The van der Waals surface area contributed by atoms with Gasteiger partial charge in [-0.05, 0) is 50.1 Å². The predicted molar refractivity (Wildman–Crippen MR) is 104 cm³/mol. The lowest BCUT2D eigenvalue weighted by Crippen LogP contribution is -2.60. The Hall–Kier alpha value is -1.50. The number of carbonyl (C=O) groups excluding carboxylic acids is 1. The molecule has 1 aromatic rings. The minimum Gasteiger partial charge on any atom is -0.383 e. The van der Waals surface area contributed by atoms with Gasteiger partial charge in [-0.1, -0.05) is 6.07 Å². The van der Waals surface area contributed by atoms with E-state index in [1.54, 1.807) is 19.2 Å². The second kappa shape index (κ2) is 8.67. The minimum atomic E-state index is -0.176. The molecular weight excluding hydrogens is 345 g/mol. The Morgan fingerprint density at radius 1 is 1.22 bits per heavy atom. The Bertz CT molecular complexity index is 669. The van der Waals surface area contributed by atoms with Crippen molar-refractivity contribution in [3.05, 3.63) is 35.1 Å². The van der Waals surface area contributed by atoms with E-state index in [0.717, 1.165) is 51.1 Å². The van der Waals surface area contributed by atoms with Crippen LogP contribution in [0.25, 0.3) is 0 Å². The zero-order valence-electron chi connectivity index (χ0n) is 16.8. The van der Waals surface area contributed by atoms with Gasteiger partial charge >= 0.3 is 0 Å². The maximum Gasteiger partial charge on any atom is 0.222 e. The van der Waals surface area contributed by atoms with Gasteiger partial charge in [0.25, 0.3) is 0 Å². The second-order valence-electron chi connectivity index (χ2n) is 8.05. The van der Waals surface area contributed by atoms with Crippen LogP contribution in [0.4, 0.5) is 4.39 Å². The van der Waals surface area contributed by atoms with Crippen molar-refractivity contribution >= 4 is 5.91 Å². The average Bonchev–Trinajstić information content (AvgIpc) is 2.79. The lowest BCUT2D eigenvalue weighted by Gasteiger charge is -2.49. The maximum atomic E-state index is 13.4. The van der Waals surface area contributed by atoms with Gasteiger partial charge in [0.15, 0.2) is 0 Å². The summed E-state index contributed by atoms with van der Waals surface area (Å²) in [5.41, 5.74) is 2.22. The summed E-state index contributed by atoms with van der Waals surface area (Å²) < 4.78 is 18.6. The molecule has 2 heterocycles. The van der Waals surface area contributed by atoms with Crippen LogP contribution in [0.15, 0.2) is 18.2 Å². The second-order valence-corrected chi connectivity index (χ2v) is 8.05. The highest BCUT2D eigenvalue weighted by molar-refractivity contribution is 5.76. The summed E-state index contributed by atoms with van der Waals surface area (Å²) in [6.07, 6.45) is 2.47. The summed E-state index contributed by atoms with van der Waals surface area (Å²) in [6.45, 7) is 7.80. The normalized spacial score (nSPS) is 25.2. The van der Waals surface area contributed by atoms with E-state index in [1.807, 2.05) is 17.9 Å². The Morgan fingerprint density at radius 3 is 2.78 bits per heavy atom. The molecule has 2 fully saturated rings.